The highest BCUT2D eigenvalue weighted by atomic mass is 16.7. The largest absolute Gasteiger partial charge is 0.456 e. The van der Waals surface area contributed by atoms with Crippen molar-refractivity contribution in [2.45, 2.75) is 249 Å². The summed E-state index contributed by atoms with van der Waals surface area (Å²) in [6.45, 7) is 32.9. The summed E-state index contributed by atoms with van der Waals surface area (Å²) in [6.07, 6.45) is 25.8. The van der Waals surface area contributed by atoms with E-state index < -0.39 is 11.2 Å². The molecule has 15 heteroatoms. The fraction of sp³-hybridized carbons (Fsp3) is 0.783. The van der Waals surface area contributed by atoms with Gasteiger partial charge in [0.1, 0.15) is 22.4 Å². The van der Waals surface area contributed by atoms with E-state index >= 15 is 0 Å². The van der Waals surface area contributed by atoms with E-state index in [2.05, 4.69) is 32.9 Å². The van der Waals surface area contributed by atoms with Crippen molar-refractivity contribution >= 4 is 29.8 Å². The van der Waals surface area contributed by atoms with Gasteiger partial charge in [-0.05, 0) is 254 Å². The van der Waals surface area contributed by atoms with Crippen LogP contribution in [0.25, 0.3) is 0 Å². The quantitative estimate of drug-likeness (QED) is 0.0535. The van der Waals surface area contributed by atoms with E-state index in [1.54, 1.807) is 34.6 Å². The summed E-state index contributed by atoms with van der Waals surface area (Å²) in [7, 11) is 0. The highest BCUT2D eigenvalue weighted by Gasteiger charge is 2.62. The van der Waals surface area contributed by atoms with Crippen molar-refractivity contribution < 1.29 is 72.5 Å². The lowest BCUT2D eigenvalue weighted by atomic mass is 9.48. The van der Waals surface area contributed by atoms with Crippen LogP contribution in [0, 0.1) is 64.6 Å². The lowest BCUT2D eigenvalue weighted by Gasteiger charge is -2.60. The Bertz CT molecular complexity index is 2450. The molecule has 0 aromatic rings. The average Bonchev–Trinajstić information content (AvgIpc) is 0.940. The smallest absolute Gasteiger partial charge is 0.335 e. The molecule has 0 amide bonds. The summed E-state index contributed by atoms with van der Waals surface area (Å²) in [5.74, 6) is 5.37. The molecule has 16 rings (SSSR count). The van der Waals surface area contributed by atoms with Gasteiger partial charge < -0.3 is 48.5 Å². The summed E-state index contributed by atoms with van der Waals surface area (Å²) in [5, 5.41) is 29.3. The van der Waals surface area contributed by atoms with E-state index in [9.17, 15) is 34.2 Å². The molecule has 0 spiro atoms. The Balaban J connectivity index is 0.000000139. The monoisotopic (exact) mass is 1170 g/mol. The number of hydrogen-bond donors (Lipinski definition) is 3. The molecule has 16 fully saturated rings. The van der Waals surface area contributed by atoms with Gasteiger partial charge in [-0.15, -0.1) is 0 Å². The molecule has 84 heavy (non-hydrogen) atoms. The van der Waals surface area contributed by atoms with Crippen molar-refractivity contribution in [3.05, 3.63) is 60.8 Å². The molecule has 3 N–H and O–H groups in total. The maximum Gasteiger partial charge on any atom is 0.335 e. The van der Waals surface area contributed by atoms with Gasteiger partial charge in [0.2, 0.25) is 0 Å². The molecular formula is C69H104O15. The lowest BCUT2D eigenvalue weighted by molar-refractivity contribution is -0.233. The van der Waals surface area contributed by atoms with Gasteiger partial charge in [0.05, 0.1) is 30.5 Å². The van der Waals surface area contributed by atoms with Gasteiger partial charge in [0.15, 0.2) is 6.79 Å². The highest BCUT2D eigenvalue weighted by molar-refractivity contribution is 5.89. The molecule has 6 atom stereocenters. The Labute approximate surface area is 501 Å². The van der Waals surface area contributed by atoms with E-state index in [0.29, 0.717) is 94.3 Å². The van der Waals surface area contributed by atoms with Gasteiger partial charge in [-0.2, -0.15) is 0 Å². The Morgan fingerprint density at radius 1 is 0.476 bits per heavy atom. The van der Waals surface area contributed by atoms with E-state index in [1.165, 1.54) is 51.4 Å². The normalized spacial score (nSPS) is 39.2. The molecular weight excluding hydrogens is 1070 g/mol. The summed E-state index contributed by atoms with van der Waals surface area (Å²) in [4.78, 5) is 57.8. The average molecular weight is 1170 g/mol. The van der Waals surface area contributed by atoms with Gasteiger partial charge in [0.25, 0.3) is 0 Å². The molecule has 15 nitrogen and oxygen atoms in total. The summed E-state index contributed by atoms with van der Waals surface area (Å²) in [5.41, 5.74) is 0.141. The van der Waals surface area contributed by atoms with Crippen molar-refractivity contribution in [1.82, 2.24) is 0 Å². The maximum atomic E-state index is 11.9. The zero-order valence-corrected chi connectivity index (χ0v) is 52.4. The Hall–Kier alpha value is -4.15. The van der Waals surface area contributed by atoms with Crippen molar-refractivity contribution in [2.75, 3.05) is 26.6 Å². The third-order valence-electron chi connectivity index (χ3n) is 21.4. The van der Waals surface area contributed by atoms with Crippen LogP contribution in [0.15, 0.2) is 60.8 Å². The van der Waals surface area contributed by atoms with Crippen molar-refractivity contribution in [3.8, 4) is 0 Å². The fourth-order valence-corrected chi connectivity index (χ4v) is 19.3. The van der Waals surface area contributed by atoms with Crippen molar-refractivity contribution in [3.63, 3.8) is 0 Å². The number of carbonyl (C=O) groups excluding carboxylic acids is 5. The number of carbonyl (C=O) groups is 5. The first-order valence-corrected chi connectivity index (χ1v) is 31.9. The van der Waals surface area contributed by atoms with Gasteiger partial charge in [-0.1, -0.05) is 39.8 Å². The summed E-state index contributed by atoms with van der Waals surface area (Å²) < 4.78 is 39.3. The second-order valence-corrected chi connectivity index (χ2v) is 30.3. The number of aliphatic hydroxyl groups excluding tert-OH is 2. The topological polar surface area (TPSA) is 211 Å². The lowest BCUT2D eigenvalue weighted by Crippen LogP contribution is -2.61. The Morgan fingerprint density at radius 3 is 1.23 bits per heavy atom. The molecule has 6 unspecified atom stereocenters. The van der Waals surface area contributed by atoms with Crippen LogP contribution in [-0.2, 0) is 57.1 Å². The summed E-state index contributed by atoms with van der Waals surface area (Å²) >= 11 is 0. The predicted octanol–water partition coefficient (Wildman–Crippen LogP) is 12.0. The second-order valence-electron chi connectivity index (χ2n) is 30.3. The Kier molecular flexibility index (Phi) is 20.3. The third kappa shape index (κ3) is 15.8. The molecule has 0 aromatic heterocycles. The first-order chi connectivity index (χ1) is 39.3. The zero-order chi connectivity index (χ0) is 61.4. The first-order valence-electron chi connectivity index (χ1n) is 31.9. The van der Waals surface area contributed by atoms with Crippen LogP contribution in [0.3, 0.4) is 0 Å². The fourth-order valence-electron chi connectivity index (χ4n) is 19.3. The molecule has 470 valence electrons. The number of aliphatic hydroxyl groups is 3. The SMILES string of the molecule is C=C(C)C(=O)OC(C)(C)CC.C=C(C)C(=O)OC12CC3CC(CC(CO)(C3)C1)C2.C=C(C)C(=O)OC12CC3CC(CC(O)(C3)C1)C2.C=C(C)C(=O)OC12CC3CC(CC(OCCO)(C3)C1)C2.C=C(C)C(=O)OCOC1C2CC3CC(C2)CC1C3. The van der Waals surface area contributed by atoms with Gasteiger partial charge in [0, 0.05) is 47.3 Å². The minimum Gasteiger partial charge on any atom is -0.456 e. The van der Waals surface area contributed by atoms with Crippen LogP contribution in [-0.4, -0.2) is 111 Å². The van der Waals surface area contributed by atoms with Crippen LogP contribution in [0.2, 0.25) is 0 Å². The second kappa shape index (κ2) is 25.9. The van der Waals surface area contributed by atoms with Crippen molar-refractivity contribution in [1.29, 1.82) is 0 Å². The highest BCUT2D eigenvalue weighted by Crippen LogP contribution is 2.64. The summed E-state index contributed by atoms with van der Waals surface area (Å²) in [6, 6.07) is 0. The third-order valence-corrected chi connectivity index (χ3v) is 21.4. The Morgan fingerprint density at radius 2 is 0.845 bits per heavy atom. The van der Waals surface area contributed by atoms with E-state index in [-0.39, 0.29) is 77.7 Å². The molecule has 16 aliphatic carbocycles. The minimum atomic E-state index is -0.570. The molecule has 0 aromatic carbocycles. The maximum absolute atomic E-state index is 11.9. The van der Waals surface area contributed by atoms with Gasteiger partial charge in [-0.25, -0.2) is 24.0 Å². The molecule has 0 aliphatic heterocycles. The number of ether oxygens (including phenoxy) is 7. The van der Waals surface area contributed by atoms with Crippen LogP contribution >= 0.6 is 0 Å². The first kappa shape index (κ1) is 65.8. The number of esters is 5. The number of rotatable bonds is 17. The number of hydrogen-bond acceptors (Lipinski definition) is 15. The molecule has 16 bridgehead atoms. The van der Waals surface area contributed by atoms with Crippen LogP contribution in [0.4, 0.5) is 0 Å². The molecule has 0 radical (unpaired) electrons. The predicted molar refractivity (Wildman–Crippen MR) is 318 cm³/mol. The van der Waals surface area contributed by atoms with Gasteiger partial charge in [-0.3, -0.25) is 0 Å². The molecule has 16 saturated carbocycles. The molecule has 0 heterocycles. The van der Waals surface area contributed by atoms with E-state index in [4.69, 9.17) is 38.3 Å². The van der Waals surface area contributed by atoms with E-state index in [1.807, 2.05) is 20.8 Å². The molecule has 0 saturated heterocycles. The van der Waals surface area contributed by atoms with Crippen LogP contribution in [0.1, 0.15) is 209 Å². The van der Waals surface area contributed by atoms with Crippen molar-refractivity contribution in [2.24, 2.45) is 64.6 Å². The standard InChI is InChI=1S/C16H24O4.2C15H22O3.C14H20O3.C9H16O2/c1-11(2)14(18)20-16-8-12-5-13(9-16)7-15(6-12,10-16)19-4-3-17;1-10(2)13(17)18-15-6-11-3-12(7-15)5-14(4-11,8-15)9-16;1-9(2)15(16)18-8-17-14-12-4-10-3-11(6-12)7-13(14)5-10;1-9(2)12(15)17-14-6-10-3-11(7-14)5-13(16,4-10)8-14;1-6-9(4,5)11-8(10)7(2)3/h12-13,17H,1,3-10H2,2H3;11-12,16H,1,3-9H2,2H3;10-14H,1,3-8H2,2H3;10-11,16H,1,3-8H2,2H3;2,6H2,1,3-5H3. The van der Waals surface area contributed by atoms with E-state index in [0.717, 1.165) is 108 Å². The van der Waals surface area contributed by atoms with Crippen LogP contribution < -0.4 is 0 Å². The minimum absolute atomic E-state index is 0.0272. The van der Waals surface area contributed by atoms with Gasteiger partial charge >= 0.3 is 29.8 Å². The zero-order valence-electron chi connectivity index (χ0n) is 52.4. The van der Waals surface area contributed by atoms with Crippen LogP contribution in [0.5, 0.6) is 0 Å². The molecule has 16 aliphatic rings.